The van der Waals surface area contributed by atoms with Crippen molar-refractivity contribution in [2.75, 3.05) is 11.9 Å². The lowest BCUT2D eigenvalue weighted by molar-refractivity contribution is -0.114. The Balaban J connectivity index is 2.20. The van der Waals surface area contributed by atoms with E-state index in [0.717, 1.165) is 0 Å². The summed E-state index contributed by atoms with van der Waals surface area (Å²) in [4.78, 5) is 26.2. The van der Waals surface area contributed by atoms with Crippen molar-refractivity contribution in [2.45, 2.75) is 26.4 Å². The first kappa shape index (κ1) is 11.7. The lowest BCUT2D eigenvalue weighted by Crippen LogP contribution is -2.28. The minimum atomic E-state index is -0.487. The van der Waals surface area contributed by atoms with Crippen LogP contribution in [-0.4, -0.2) is 28.4 Å². The predicted octanol–water partition coefficient (Wildman–Crippen LogP) is 0.0931. The van der Waals surface area contributed by atoms with Crippen molar-refractivity contribution in [3.63, 3.8) is 0 Å². The van der Waals surface area contributed by atoms with Gasteiger partial charge in [-0.05, 0) is 13.0 Å². The molecule has 1 aliphatic rings. The molecule has 1 N–H and O–H groups in total. The molecule has 1 amide bonds. The fraction of sp³-hybridized carbons (Fsp3) is 0.500. The lowest BCUT2D eigenvalue weighted by atomic mass is 10.5. The number of anilines is 1. The van der Waals surface area contributed by atoms with E-state index in [-0.39, 0.29) is 18.0 Å². The molecule has 0 spiro atoms. The van der Waals surface area contributed by atoms with Crippen LogP contribution in [0.25, 0.3) is 0 Å². The van der Waals surface area contributed by atoms with Gasteiger partial charge >= 0.3 is 5.69 Å². The van der Waals surface area contributed by atoms with Gasteiger partial charge in [-0.25, -0.2) is 4.79 Å². The van der Waals surface area contributed by atoms with Gasteiger partial charge in [0.1, 0.15) is 5.82 Å². The molecular formula is C10H13N3O4. The zero-order chi connectivity index (χ0) is 12.4. The molecule has 0 radical (unpaired) electrons. The largest absolute Gasteiger partial charge is 0.351 e. The molecule has 2 rings (SSSR count). The minimum Gasteiger partial charge on any atom is -0.348 e. The van der Waals surface area contributed by atoms with Gasteiger partial charge in [-0.15, -0.1) is 0 Å². The topological polar surface area (TPSA) is 82.5 Å². The Hall–Kier alpha value is -1.73. The van der Waals surface area contributed by atoms with E-state index >= 15 is 0 Å². The molecule has 1 aromatic heterocycles. The molecule has 0 unspecified atom stereocenters. The van der Waals surface area contributed by atoms with Crippen LogP contribution < -0.4 is 11.0 Å². The SMILES string of the molecule is CC(=O)Nc1ccn([C@@H]2CO[C@H](C)O2)c(=O)n1. The summed E-state index contributed by atoms with van der Waals surface area (Å²) < 4.78 is 11.9. The molecule has 1 saturated heterocycles. The predicted molar refractivity (Wildman–Crippen MR) is 58.3 cm³/mol. The van der Waals surface area contributed by atoms with Crippen LogP contribution in [0.15, 0.2) is 17.1 Å². The number of ether oxygens (including phenoxy) is 2. The maximum Gasteiger partial charge on any atom is 0.351 e. The average Bonchev–Trinajstić information content (AvgIpc) is 2.64. The Morgan fingerprint density at radius 1 is 1.65 bits per heavy atom. The van der Waals surface area contributed by atoms with E-state index in [1.54, 1.807) is 6.92 Å². The summed E-state index contributed by atoms with van der Waals surface area (Å²) >= 11 is 0. The highest BCUT2D eigenvalue weighted by molar-refractivity contribution is 5.87. The second kappa shape index (κ2) is 4.64. The minimum absolute atomic E-state index is 0.228. The molecular weight excluding hydrogens is 226 g/mol. The number of amides is 1. The second-order valence-electron chi connectivity index (χ2n) is 3.68. The molecule has 0 saturated carbocycles. The number of carbonyl (C=O) groups excluding carboxylic acids is 1. The molecule has 0 aromatic carbocycles. The standard InChI is InChI=1S/C10H13N3O4/c1-6(14)11-8-3-4-13(10(15)12-8)9-5-16-7(2)17-9/h3-4,7,9H,5H2,1-2H3,(H,11,12,14,15)/t7-,9-/m0/s1. The monoisotopic (exact) mass is 239 g/mol. The Morgan fingerprint density at radius 3 is 2.94 bits per heavy atom. The summed E-state index contributed by atoms with van der Waals surface area (Å²) in [6.07, 6.45) is 0.727. The van der Waals surface area contributed by atoms with Crippen molar-refractivity contribution in [3.05, 3.63) is 22.7 Å². The maximum absolute atomic E-state index is 11.7. The highest BCUT2D eigenvalue weighted by atomic mass is 16.7. The van der Waals surface area contributed by atoms with Crippen molar-refractivity contribution in [3.8, 4) is 0 Å². The van der Waals surface area contributed by atoms with E-state index < -0.39 is 11.9 Å². The van der Waals surface area contributed by atoms with E-state index in [0.29, 0.717) is 6.61 Å². The van der Waals surface area contributed by atoms with Gasteiger partial charge < -0.3 is 14.8 Å². The normalized spacial score (nSPS) is 23.6. The van der Waals surface area contributed by atoms with Gasteiger partial charge in [0.2, 0.25) is 5.91 Å². The highest BCUT2D eigenvalue weighted by Gasteiger charge is 2.24. The van der Waals surface area contributed by atoms with Gasteiger partial charge in [0, 0.05) is 13.1 Å². The Kier molecular flexibility index (Phi) is 3.21. The molecule has 2 atom stereocenters. The van der Waals surface area contributed by atoms with E-state index in [2.05, 4.69) is 10.3 Å². The van der Waals surface area contributed by atoms with Gasteiger partial charge in [0.05, 0.1) is 6.61 Å². The maximum atomic E-state index is 11.7. The van der Waals surface area contributed by atoms with E-state index in [9.17, 15) is 9.59 Å². The molecule has 2 heterocycles. The van der Waals surface area contributed by atoms with Gasteiger partial charge in [0.25, 0.3) is 0 Å². The summed E-state index contributed by atoms with van der Waals surface area (Å²) in [5, 5.41) is 2.44. The van der Waals surface area contributed by atoms with Gasteiger partial charge in [-0.1, -0.05) is 0 Å². The molecule has 1 fully saturated rings. The third-order valence-corrected chi connectivity index (χ3v) is 2.27. The Bertz CT molecular complexity index is 485. The van der Waals surface area contributed by atoms with Gasteiger partial charge in [-0.2, -0.15) is 4.98 Å². The van der Waals surface area contributed by atoms with E-state index in [1.807, 2.05) is 0 Å². The molecule has 17 heavy (non-hydrogen) atoms. The zero-order valence-corrected chi connectivity index (χ0v) is 9.54. The first-order chi connectivity index (χ1) is 8.06. The molecule has 7 nitrogen and oxygen atoms in total. The van der Waals surface area contributed by atoms with Crippen LogP contribution in [0.1, 0.15) is 20.1 Å². The number of nitrogens with zero attached hydrogens (tertiary/aromatic N) is 2. The Morgan fingerprint density at radius 2 is 2.41 bits per heavy atom. The summed E-state index contributed by atoms with van der Waals surface area (Å²) in [5.41, 5.74) is -0.487. The van der Waals surface area contributed by atoms with Crippen molar-refractivity contribution in [2.24, 2.45) is 0 Å². The first-order valence-corrected chi connectivity index (χ1v) is 5.20. The lowest BCUT2D eigenvalue weighted by Gasteiger charge is -2.11. The zero-order valence-electron chi connectivity index (χ0n) is 9.54. The molecule has 7 heteroatoms. The van der Waals surface area contributed by atoms with Gasteiger partial charge in [-0.3, -0.25) is 9.36 Å². The molecule has 1 aliphatic heterocycles. The summed E-state index contributed by atoms with van der Waals surface area (Å²) in [7, 11) is 0. The number of nitrogens with one attached hydrogen (secondary N) is 1. The first-order valence-electron chi connectivity index (χ1n) is 5.20. The van der Waals surface area contributed by atoms with Crippen LogP contribution in [0.4, 0.5) is 5.82 Å². The van der Waals surface area contributed by atoms with E-state index in [1.165, 1.54) is 23.8 Å². The van der Waals surface area contributed by atoms with Crippen molar-refractivity contribution in [1.29, 1.82) is 0 Å². The molecule has 92 valence electrons. The molecule has 0 aliphatic carbocycles. The van der Waals surface area contributed by atoms with E-state index in [4.69, 9.17) is 9.47 Å². The van der Waals surface area contributed by atoms with Crippen molar-refractivity contribution in [1.82, 2.24) is 9.55 Å². The van der Waals surface area contributed by atoms with Crippen LogP contribution in [0.3, 0.4) is 0 Å². The number of rotatable bonds is 2. The van der Waals surface area contributed by atoms with Crippen LogP contribution >= 0.6 is 0 Å². The molecule has 1 aromatic rings. The molecule has 0 bridgehead atoms. The van der Waals surface area contributed by atoms with Crippen molar-refractivity contribution >= 4 is 11.7 Å². The van der Waals surface area contributed by atoms with Gasteiger partial charge in [0.15, 0.2) is 12.5 Å². The van der Waals surface area contributed by atoms with Crippen LogP contribution in [0, 0.1) is 0 Å². The number of hydrogen-bond acceptors (Lipinski definition) is 5. The number of hydrogen-bond donors (Lipinski definition) is 1. The third-order valence-electron chi connectivity index (χ3n) is 2.27. The summed E-state index contributed by atoms with van der Waals surface area (Å²) in [6.45, 7) is 3.41. The van der Waals surface area contributed by atoms with Crippen molar-refractivity contribution < 1.29 is 14.3 Å². The van der Waals surface area contributed by atoms with Crippen LogP contribution in [0.5, 0.6) is 0 Å². The fourth-order valence-corrected chi connectivity index (χ4v) is 1.55. The fourth-order valence-electron chi connectivity index (χ4n) is 1.55. The number of carbonyl (C=O) groups is 1. The average molecular weight is 239 g/mol. The highest BCUT2D eigenvalue weighted by Crippen LogP contribution is 2.18. The Labute approximate surface area is 97.4 Å². The number of aromatic nitrogens is 2. The third kappa shape index (κ3) is 2.69. The second-order valence-corrected chi connectivity index (χ2v) is 3.68. The van der Waals surface area contributed by atoms with Crippen LogP contribution in [-0.2, 0) is 14.3 Å². The quantitative estimate of drug-likeness (QED) is 0.791. The summed E-state index contributed by atoms with van der Waals surface area (Å²) in [6, 6.07) is 1.54. The summed E-state index contributed by atoms with van der Waals surface area (Å²) in [5.74, 6) is -0.0468. The smallest absolute Gasteiger partial charge is 0.348 e. The van der Waals surface area contributed by atoms with Crippen LogP contribution in [0.2, 0.25) is 0 Å².